The number of aromatic nitrogens is 5. The van der Waals surface area contributed by atoms with Crippen LogP contribution < -0.4 is 10.3 Å². The highest BCUT2D eigenvalue weighted by Gasteiger charge is 2.23. The Morgan fingerprint density at radius 1 is 0.861 bits per heavy atom. The SMILES string of the molecule is COc1ccc(-n2c3nc4ccccc4nc3c3c(=O)n(Cc4ccccc4Cl)c(C)nc32)cc1Cl. The number of hydrogen-bond donors (Lipinski definition) is 0. The molecule has 0 bridgehead atoms. The predicted octanol–water partition coefficient (Wildman–Crippen LogP) is 5.96. The second kappa shape index (κ2) is 8.62. The minimum Gasteiger partial charge on any atom is -0.495 e. The molecule has 0 N–H and O–H groups in total. The fourth-order valence-electron chi connectivity index (χ4n) is 4.45. The number of rotatable bonds is 4. The molecule has 6 rings (SSSR count). The molecule has 0 saturated carbocycles. The zero-order chi connectivity index (χ0) is 25.0. The summed E-state index contributed by atoms with van der Waals surface area (Å²) in [5.74, 6) is 1.09. The second-order valence-corrected chi connectivity index (χ2v) is 9.19. The first kappa shape index (κ1) is 22.5. The Balaban J connectivity index is 1.71. The molecule has 0 aliphatic carbocycles. The highest BCUT2D eigenvalue weighted by Crippen LogP contribution is 2.32. The number of nitrogens with zero attached hydrogens (tertiary/aromatic N) is 5. The van der Waals surface area contributed by atoms with E-state index in [1.807, 2.05) is 53.1 Å². The molecule has 0 aliphatic rings. The van der Waals surface area contributed by atoms with E-state index in [4.69, 9.17) is 42.9 Å². The Kier molecular flexibility index (Phi) is 5.39. The van der Waals surface area contributed by atoms with Gasteiger partial charge in [0.25, 0.3) is 5.56 Å². The number of hydrogen-bond acceptors (Lipinski definition) is 5. The topological polar surface area (TPSA) is 74.8 Å². The van der Waals surface area contributed by atoms with Crippen LogP contribution in [0.2, 0.25) is 10.0 Å². The summed E-state index contributed by atoms with van der Waals surface area (Å²) >= 11 is 12.9. The average molecular weight is 516 g/mol. The molecule has 36 heavy (non-hydrogen) atoms. The maximum absolute atomic E-state index is 14.0. The van der Waals surface area contributed by atoms with Crippen LogP contribution in [-0.2, 0) is 6.54 Å². The fourth-order valence-corrected chi connectivity index (χ4v) is 4.90. The van der Waals surface area contributed by atoms with Crippen LogP contribution in [0.15, 0.2) is 71.5 Å². The van der Waals surface area contributed by atoms with E-state index in [1.54, 1.807) is 36.8 Å². The van der Waals surface area contributed by atoms with Crippen LogP contribution in [0.1, 0.15) is 11.4 Å². The number of para-hydroxylation sites is 2. The van der Waals surface area contributed by atoms with Crippen LogP contribution in [0.25, 0.3) is 38.9 Å². The highest BCUT2D eigenvalue weighted by molar-refractivity contribution is 6.32. The molecule has 9 heteroatoms. The Morgan fingerprint density at radius 3 is 2.31 bits per heavy atom. The van der Waals surface area contributed by atoms with E-state index >= 15 is 0 Å². The number of aryl methyl sites for hydroxylation is 1. The van der Waals surface area contributed by atoms with Crippen molar-refractivity contribution in [1.29, 1.82) is 0 Å². The number of halogens is 2. The van der Waals surface area contributed by atoms with Crippen LogP contribution >= 0.6 is 23.2 Å². The van der Waals surface area contributed by atoms with Gasteiger partial charge in [0.1, 0.15) is 22.5 Å². The molecule has 0 amide bonds. The van der Waals surface area contributed by atoms with Gasteiger partial charge in [0.15, 0.2) is 11.3 Å². The van der Waals surface area contributed by atoms with Crippen molar-refractivity contribution in [3.63, 3.8) is 0 Å². The van der Waals surface area contributed by atoms with Gasteiger partial charge < -0.3 is 4.74 Å². The van der Waals surface area contributed by atoms with Gasteiger partial charge in [0.05, 0.1) is 35.4 Å². The lowest BCUT2D eigenvalue weighted by atomic mass is 10.2. The molecule has 0 aliphatic heterocycles. The molecule has 0 saturated heterocycles. The quantitative estimate of drug-likeness (QED) is 0.289. The van der Waals surface area contributed by atoms with Gasteiger partial charge in [0, 0.05) is 5.02 Å². The van der Waals surface area contributed by atoms with Crippen LogP contribution in [0.5, 0.6) is 5.75 Å². The van der Waals surface area contributed by atoms with Gasteiger partial charge in [-0.1, -0.05) is 53.5 Å². The van der Waals surface area contributed by atoms with Crippen LogP contribution in [0.3, 0.4) is 0 Å². The standard InChI is InChI=1S/C27H19Cl2N5O2/c1-15-30-25-23(27(35)33(15)14-16-7-3-4-8-18(16)28)24-26(32-21-10-6-5-9-20(21)31-24)34(25)17-11-12-22(36-2)19(29)13-17/h3-13H,14H2,1-2H3. The molecule has 3 aromatic carbocycles. The molecule has 3 heterocycles. The van der Waals surface area contributed by atoms with Crippen molar-refractivity contribution in [2.24, 2.45) is 0 Å². The van der Waals surface area contributed by atoms with Crippen molar-refractivity contribution in [1.82, 2.24) is 24.1 Å². The number of fused-ring (bicyclic) bond motifs is 4. The Hall–Kier alpha value is -3.94. The first-order chi connectivity index (χ1) is 17.5. The Morgan fingerprint density at radius 2 is 1.58 bits per heavy atom. The summed E-state index contributed by atoms with van der Waals surface area (Å²) in [6.07, 6.45) is 0. The van der Waals surface area contributed by atoms with E-state index < -0.39 is 0 Å². The molecule has 0 atom stereocenters. The second-order valence-electron chi connectivity index (χ2n) is 8.38. The first-order valence-corrected chi connectivity index (χ1v) is 12.0. The third-order valence-electron chi connectivity index (χ3n) is 6.23. The van der Waals surface area contributed by atoms with E-state index in [0.717, 1.165) is 5.56 Å². The van der Waals surface area contributed by atoms with Gasteiger partial charge in [-0.25, -0.2) is 15.0 Å². The molecule has 0 fully saturated rings. The highest BCUT2D eigenvalue weighted by atomic mass is 35.5. The summed E-state index contributed by atoms with van der Waals surface area (Å²) in [6, 6.07) is 20.4. The van der Waals surface area contributed by atoms with Gasteiger partial charge in [-0.05, 0) is 48.9 Å². The molecule has 178 valence electrons. The van der Waals surface area contributed by atoms with E-state index in [1.165, 1.54) is 0 Å². The minimum atomic E-state index is -0.217. The average Bonchev–Trinajstić information content (AvgIpc) is 3.18. The zero-order valence-electron chi connectivity index (χ0n) is 19.4. The maximum atomic E-state index is 14.0. The molecule has 0 radical (unpaired) electrons. The van der Waals surface area contributed by atoms with Gasteiger partial charge in [0.2, 0.25) is 0 Å². The van der Waals surface area contributed by atoms with Gasteiger partial charge in [-0.2, -0.15) is 0 Å². The summed E-state index contributed by atoms with van der Waals surface area (Å²) in [5.41, 5.74) is 4.15. The lowest BCUT2D eigenvalue weighted by molar-refractivity contribution is 0.415. The molecule has 0 unspecified atom stereocenters. The third kappa shape index (κ3) is 3.51. The smallest absolute Gasteiger partial charge is 0.265 e. The lowest BCUT2D eigenvalue weighted by Crippen LogP contribution is -2.24. The summed E-state index contributed by atoms with van der Waals surface area (Å²) in [4.78, 5) is 28.6. The van der Waals surface area contributed by atoms with Crippen molar-refractivity contribution in [2.45, 2.75) is 13.5 Å². The van der Waals surface area contributed by atoms with Crippen molar-refractivity contribution in [2.75, 3.05) is 7.11 Å². The first-order valence-electron chi connectivity index (χ1n) is 11.2. The molecule has 6 aromatic rings. The predicted molar refractivity (Wildman–Crippen MR) is 143 cm³/mol. The number of methoxy groups -OCH3 is 1. The molecular weight excluding hydrogens is 497 g/mol. The summed E-state index contributed by atoms with van der Waals surface area (Å²) in [5, 5.41) is 1.40. The van der Waals surface area contributed by atoms with Gasteiger partial charge >= 0.3 is 0 Å². The van der Waals surface area contributed by atoms with Crippen LogP contribution in [0.4, 0.5) is 0 Å². The summed E-state index contributed by atoms with van der Waals surface area (Å²) < 4.78 is 8.76. The maximum Gasteiger partial charge on any atom is 0.265 e. The van der Waals surface area contributed by atoms with Crippen molar-refractivity contribution < 1.29 is 4.74 Å². The fraction of sp³-hybridized carbons (Fsp3) is 0.111. The van der Waals surface area contributed by atoms with E-state index in [9.17, 15) is 4.79 Å². The lowest BCUT2D eigenvalue weighted by Gasteiger charge is -2.12. The van der Waals surface area contributed by atoms with Crippen LogP contribution in [-0.4, -0.2) is 31.2 Å². The van der Waals surface area contributed by atoms with Crippen LogP contribution in [0, 0.1) is 6.92 Å². The van der Waals surface area contributed by atoms with Gasteiger partial charge in [-0.15, -0.1) is 0 Å². The van der Waals surface area contributed by atoms with E-state index in [-0.39, 0.29) is 12.1 Å². The summed E-state index contributed by atoms with van der Waals surface area (Å²) in [7, 11) is 1.56. The molecule has 7 nitrogen and oxygen atoms in total. The van der Waals surface area contributed by atoms with E-state index in [2.05, 4.69) is 0 Å². The minimum absolute atomic E-state index is 0.217. The van der Waals surface area contributed by atoms with E-state index in [0.29, 0.717) is 60.5 Å². The normalized spacial score (nSPS) is 11.6. The van der Waals surface area contributed by atoms with Crippen molar-refractivity contribution >= 4 is 56.4 Å². The molecule has 0 spiro atoms. The van der Waals surface area contributed by atoms with Crippen molar-refractivity contribution in [3.05, 3.63) is 98.5 Å². The Labute approximate surface area is 215 Å². The molecule has 3 aromatic heterocycles. The third-order valence-corrected chi connectivity index (χ3v) is 6.90. The number of benzene rings is 3. The molecular formula is C27H19Cl2N5O2. The number of ether oxygens (including phenoxy) is 1. The zero-order valence-corrected chi connectivity index (χ0v) is 20.9. The monoisotopic (exact) mass is 515 g/mol. The Bertz CT molecular complexity index is 1880. The largest absolute Gasteiger partial charge is 0.495 e. The summed E-state index contributed by atoms with van der Waals surface area (Å²) in [6.45, 7) is 2.09. The van der Waals surface area contributed by atoms with Gasteiger partial charge in [-0.3, -0.25) is 13.9 Å². The van der Waals surface area contributed by atoms with Crippen molar-refractivity contribution in [3.8, 4) is 11.4 Å².